The summed E-state index contributed by atoms with van der Waals surface area (Å²) in [6.45, 7) is -0.253. The lowest BCUT2D eigenvalue weighted by molar-refractivity contribution is -0.119. The molecule has 7 nitrogen and oxygen atoms in total. The van der Waals surface area contributed by atoms with E-state index in [4.69, 9.17) is 32.7 Å². The molecular weight excluding hydrogens is 483 g/mol. The molecule has 2 unspecified atom stereocenters. The normalized spacial score (nSPS) is 23.1. The molecule has 1 amide bonds. The molecule has 2 aromatic carbocycles. The predicted molar refractivity (Wildman–Crippen MR) is 124 cm³/mol. The van der Waals surface area contributed by atoms with E-state index in [1.54, 1.807) is 47.4 Å². The molecule has 0 saturated carbocycles. The molecular formula is C20H18Cl2N2O5S2. The molecule has 11 heteroatoms. The number of amidine groups is 1. The highest BCUT2D eigenvalue weighted by Gasteiger charge is 2.49. The van der Waals surface area contributed by atoms with Crippen molar-refractivity contribution in [3.8, 4) is 11.5 Å². The second-order valence-corrected chi connectivity index (χ2v) is 11.2. The molecule has 164 valence electrons. The molecule has 2 fully saturated rings. The molecule has 0 N–H and O–H groups in total. The summed E-state index contributed by atoms with van der Waals surface area (Å²) in [6, 6.07) is 11.5. The van der Waals surface area contributed by atoms with Gasteiger partial charge < -0.3 is 14.4 Å². The molecule has 0 spiro atoms. The minimum atomic E-state index is -3.17. The van der Waals surface area contributed by atoms with Gasteiger partial charge in [-0.25, -0.2) is 8.42 Å². The summed E-state index contributed by atoms with van der Waals surface area (Å²) < 4.78 is 35.0. The third kappa shape index (κ3) is 4.95. The van der Waals surface area contributed by atoms with Crippen LogP contribution in [0.2, 0.25) is 10.0 Å². The van der Waals surface area contributed by atoms with E-state index in [-0.39, 0.29) is 29.4 Å². The van der Waals surface area contributed by atoms with Crippen molar-refractivity contribution in [2.24, 2.45) is 4.99 Å². The van der Waals surface area contributed by atoms with Crippen LogP contribution in [0.25, 0.3) is 0 Å². The second kappa shape index (κ2) is 8.90. The zero-order valence-electron chi connectivity index (χ0n) is 16.3. The van der Waals surface area contributed by atoms with E-state index < -0.39 is 15.7 Å². The monoisotopic (exact) mass is 500 g/mol. The smallest absolute Gasteiger partial charge is 0.285 e. The molecule has 0 bridgehead atoms. The van der Waals surface area contributed by atoms with Gasteiger partial charge in [-0.2, -0.15) is 4.99 Å². The van der Waals surface area contributed by atoms with Gasteiger partial charge in [0.1, 0.15) is 11.5 Å². The number of amides is 1. The molecule has 2 saturated heterocycles. The van der Waals surface area contributed by atoms with Crippen molar-refractivity contribution in [1.29, 1.82) is 0 Å². The quantitative estimate of drug-likeness (QED) is 0.618. The highest BCUT2D eigenvalue weighted by Crippen LogP contribution is 2.42. The van der Waals surface area contributed by atoms with Crippen molar-refractivity contribution in [3.05, 3.63) is 52.5 Å². The van der Waals surface area contributed by atoms with Crippen molar-refractivity contribution in [1.82, 2.24) is 0 Å². The van der Waals surface area contributed by atoms with Crippen molar-refractivity contribution >= 4 is 61.6 Å². The Labute approximate surface area is 194 Å². The fraction of sp³-hybridized carbons (Fsp3) is 0.300. The Morgan fingerprint density at radius 3 is 2.61 bits per heavy atom. The number of benzene rings is 2. The number of carbonyl (C=O) groups excluding carboxylic acids is 1. The fourth-order valence-electron chi connectivity index (χ4n) is 3.49. The van der Waals surface area contributed by atoms with Crippen LogP contribution in [-0.4, -0.2) is 56.0 Å². The molecule has 0 aliphatic carbocycles. The van der Waals surface area contributed by atoms with Crippen LogP contribution in [0.4, 0.5) is 5.69 Å². The average Bonchev–Trinajstić information content (AvgIpc) is 3.18. The maximum absolute atomic E-state index is 12.5. The van der Waals surface area contributed by atoms with Gasteiger partial charge in [-0.05, 0) is 42.5 Å². The lowest BCUT2D eigenvalue weighted by atomic mass is 10.2. The number of halogens is 2. The van der Waals surface area contributed by atoms with Crippen molar-refractivity contribution in [3.63, 3.8) is 0 Å². The summed E-state index contributed by atoms with van der Waals surface area (Å²) in [5, 5.41) is 1.16. The summed E-state index contributed by atoms with van der Waals surface area (Å²) in [5.41, 5.74) is 0.646. The standard InChI is InChI=1S/C20H18Cl2N2O5S2/c1-28-17-7-4-13(8-15(17)22)24-16-10-31(26,27)11-18(16)30-20(24)23-19(25)9-29-14-5-2-12(21)3-6-14/h2-8,16,18H,9-11H2,1H3. The summed E-state index contributed by atoms with van der Waals surface area (Å²) in [4.78, 5) is 18.5. The Bertz CT molecular complexity index is 1140. The van der Waals surface area contributed by atoms with Gasteiger partial charge in [-0.3, -0.25) is 4.79 Å². The molecule has 31 heavy (non-hydrogen) atoms. The lowest BCUT2D eigenvalue weighted by Crippen LogP contribution is -2.37. The molecule has 2 aliphatic heterocycles. The molecule has 2 aromatic rings. The van der Waals surface area contributed by atoms with Crippen molar-refractivity contribution in [2.45, 2.75) is 11.3 Å². The second-order valence-electron chi connectivity index (χ2n) is 7.02. The highest BCUT2D eigenvalue weighted by atomic mass is 35.5. The number of fused-ring (bicyclic) bond motifs is 1. The van der Waals surface area contributed by atoms with Crippen LogP contribution in [-0.2, 0) is 14.6 Å². The zero-order valence-corrected chi connectivity index (χ0v) is 19.5. The van der Waals surface area contributed by atoms with E-state index in [0.717, 1.165) is 0 Å². The topological polar surface area (TPSA) is 85.3 Å². The molecule has 2 aliphatic rings. The van der Waals surface area contributed by atoms with Gasteiger partial charge in [0.2, 0.25) is 0 Å². The number of anilines is 1. The Morgan fingerprint density at radius 1 is 1.19 bits per heavy atom. The highest BCUT2D eigenvalue weighted by molar-refractivity contribution is 8.16. The zero-order chi connectivity index (χ0) is 22.2. The van der Waals surface area contributed by atoms with E-state index in [9.17, 15) is 13.2 Å². The van der Waals surface area contributed by atoms with Gasteiger partial charge in [0.25, 0.3) is 5.91 Å². The first-order valence-corrected chi connectivity index (χ1v) is 12.7. The summed E-state index contributed by atoms with van der Waals surface area (Å²) >= 11 is 13.4. The molecule has 0 radical (unpaired) electrons. The Morgan fingerprint density at radius 2 is 1.94 bits per heavy atom. The number of hydrogen-bond donors (Lipinski definition) is 0. The minimum Gasteiger partial charge on any atom is -0.495 e. The third-order valence-corrected chi connectivity index (χ3v) is 8.63. The van der Waals surface area contributed by atoms with Crippen LogP contribution in [0.3, 0.4) is 0 Å². The van der Waals surface area contributed by atoms with Crippen LogP contribution >= 0.6 is 35.0 Å². The van der Waals surface area contributed by atoms with Crippen LogP contribution in [0.5, 0.6) is 11.5 Å². The van der Waals surface area contributed by atoms with Crippen LogP contribution in [0.1, 0.15) is 0 Å². The Balaban J connectivity index is 1.58. The number of rotatable bonds is 5. The molecule has 2 atom stereocenters. The largest absolute Gasteiger partial charge is 0.495 e. The van der Waals surface area contributed by atoms with Gasteiger partial charge >= 0.3 is 0 Å². The van der Waals surface area contributed by atoms with Gasteiger partial charge in [-0.15, -0.1) is 0 Å². The number of sulfone groups is 1. The number of aliphatic imine (C=N–C) groups is 1. The summed E-state index contributed by atoms with van der Waals surface area (Å²) in [5.74, 6) is 0.544. The van der Waals surface area contributed by atoms with Crippen LogP contribution in [0, 0.1) is 0 Å². The first-order valence-electron chi connectivity index (χ1n) is 9.25. The SMILES string of the molecule is COc1ccc(N2C(=NC(=O)COc3ccc(Cl)cc3)SC3CS(=O)(=O)CC32)cc1Cl. The van der Waals surface area contributed by atoms with Crippen molar-refractivity contribution < 1.29 is 22.7 Å². The molecule has 0 aromatic heterocycles. The van der Waals surface area contributed by atoms with Crippen LogP contribution < -0.4 is 14.4 Å². The first kappa shape index (κ1) is 22.3. The Hall–Kier alpha value is -1.94. The number of ether oxygens (including phenoxy) is 2. The van der Waals surface area contributed by atoms with Gasteiger partial charge in [0.05, 0.1) is 29.7 Å². The maximum atomic E-state index is 12.5. The van der Waals surface area contributed by atoms with E-state index in [1.807, 2.05) is 0 Å². The van der Waals surface area contributed by atoms with Crippen LogP contribution in [0.15, 0.2) is 47.5 Å². The minimum absolute atomic E-state index is 0.0111. The van der Waals surface area contributed by atoms with E-state index in [0.29, 0.717) is 32.4 Å². The molecule has 2 heterocycles. The number of thioether (sulfide) groups is 1. The number of methoxy groups -OCH3 is 1. The molecule has 4 rings (SSSR count). The first-order chi connectivity index (χ1) is 14.8. The van der Waals surface area contributed by atoms with Gasteiger partial charge in [-0.1, -0.05) is 35.0 Å². The Kier molecular flexibility index (Phi) is 6.39. The average molecular weight is 501 g/mol. The number of nitrogens with zero attached hydrogens (tertiary/aromatic N) is 2. The van der Waals surface area contributed by atoms with E-state index in [2.05, 4.69) is 4.99 Å². The predicted octanol–water partition coefficient (Wildman–Crippen LogP) is 3.68. The lowest BCUT2D eigenvalue weighted by Gasteiger charge is -2.25. The maximum Gasteiger partial charge on any atom is 0.285 e. The number of carbonyl (C=O) groups is 1. The fourth-order valence-corrected chi connectivity index (χ4v) is 7.80. The summed E-state index contributed by atoms with van der Waals surface area (Å²) in [7, 11) is -1.65. The van der Waals surface area contributed by atoms with Crippen molar-refractivity contribution in [2.75, 3.05) is 30.1 Å². The van der Waals surface area contributed by atoms with E-state index >= 15 is 0 Å². The van der Waals surface area contributed by atoms with Gasteiger partial charge in [0.15, 0.2) is 21.6 Å². The van der Waals surface area contributed by atoms with E-state index in [1.165, 1.54) is 18.9 Å². The van der Waals surface area contributed by atoms with Gasteiger partial charge in [0, 0.05) is 16.0 Å². The third-order valence-electron chi connectivity index (χ3n) is 4.88. The summed E-state index contributed by atoms with van der Waals surface area (Å²) in [6.07, 6.45) is 0. The number of hydrogen-bond acceptors (Lipinski definition) is 6.